The fourth-order valence-electron chi connectivity index (χ4n) is 1.07. The molecule has 0 fully saturated rings. The van der Waals surface area contributed by atoms with Crippen LogP contribution in [-0.2, 0) is 0 Å². The third-order valence-electron chi connectivity index (χ3n) is 1.86. The molecule has 1 aromatic rings. The van der Waals surface area contributed by atoms with E-state index in [1.807, 2.05) is 0 Å². The molecule has 0 heterocycles. The van der Waals surface area contributed by atoms with Gasteiger partial charge in [0, 0.05) is 0 Å². The lowest BCUT2D eigenvalue weighted by Gasteiger charge is -2.10. The van der Waals surface area contributed by atoms with Crippen LogP contribution in [0.5, 0.6) is 0 Å². The summed E-state index contributed by atoms with van der Waals surface area (Å²) in [6.07, 6.45) is 0. The van der Waals surface area contributed by atoms with Crippen LogP contribution in [0.1, 0.15) is 17.2 Å². The SMILES string of the molecule is Cc1cc(C(N)CO)cc(Br)c1F. The first-order valence-electron chi connectivity index (χ1n) is 3.88. The fourth-order valence-corrected chi connectivity index (χ4v) is 1.65. The van der Waals surface area contributed by atoms with E-state index in [1.54, 1.807) is 19.1 Å². The second kappa shape index (κ2) is 4.17. The molecule has 0 aliphatic carbocycles. The van der Waals surface area contributed by atoms with E-state index in [4.69, 9.17) is 10.8 Å². The highest BCUT2D eigenvalue weighted by atomic mass is 79.9. The fraction of sp³-hybridized carbons (Fsp3) is 0.333. The number of halogens is 2. The van der Waals surface area contributed by atoms with Gasteiger partial charge in [-0.2, -0.15) is 0 Å². The first kappa shape index (κ1) is 10.6. The van der Waals surface area contributed by atoms with Crippen LogP contribution in [0.3, 0.4) is 0 Å². The van der Waals surface area contributed by atoms with Crippen molar-refractivity contribution in [2.24, 2.45) is 5.73 Å². The van der Waals surface area contributed by atoms with Gasteiger partial charge in [-0.05, 0) is 40.0 Å². The summed E-state index contributed by atoms with van der Waals surface area (Å²) >= 11 is 3.08. The molecule has 3 N–H and O–H groups in total. The third-order valence-corrected chi connectivity index (χ3v) is 2.43. The second-order valence-corrected chi connectivity index (χ2v) is 3.78. The molecule has 1 rings (SSSR count). The second-order valence-electron chi connectivity index (χ2n) is 2.92. The Hall–Kier alpha value is -0.450. The maximum atomic E-state index is 13.1. The minimum atomic E-state index is -0.449. The van der Waals surface area contributed by atoms with Gasteiger partial charge in [0.25, 0.3) is 0 Å². The quantitative estimate of drug-likeness (QED) is 0.839. The van der Waals surface area contributed by atoms with Gasteiger partial charge in [0.15, 0.2) is 0 Å². The van der Waals surface area contributed by atoms with Crippen LogP contribution in [-0.4, -0.2) is 11.7 Å². The zero-order valence-electron chi connectivity index (χ0n) is 7.22. The van der Waals surface area contributed by atoms with Crippen LogP contribution >= 0.6 is 15.9 Å². The van der Waals surface area contributed by atoms with Crippen LogP contribution in [0.15, 0.2) is 16.6 Å². The lowest BCUT2D eigenvalue weighted by atomic mass is 10.1. The molecule has 4 heteroatoms. The van der Waals surface area contributed by atoms with Crippen molar-refractivity contribution < 1.29 is 9.50 Å². The molecular formula is C9H11BrFNO. The molecular weight excluding hydrogens is 237 g/mol. The Morgan fingerprint density at radius 3 is 2.69 bits per heavy atom. The van der Waals surface area contributed by atoms with Crippen LogP contribution in [0, 0.1) is 12.7 Å². The standard InChI is InChI=1S/C9H11BrFNO/c1-5-2-6(8(12)4-13)3-7(10)9(5)11/h2-3,8,13H,4,12H2,1H3. The summed E-state index contributed by atoms with van der Waals surface area (Å²) in [6.45, 7) is 1.52. The maximum absolute atomic E-state index is 13.1. The zero-order valence-corrected chi connectivity index (χ0v) is 8.81. The van der Waals surface area contributed by atoms with Crippen LogP contribution in [0.2, 0.25) is 0 Å². The van der Waals surface area contributed by atoms with Crippen molar-refractivity contribution in [3.63, 3.8) is 0 Å². The van der Waals surface area contributed by atoms with Gasteiger partial charge in [-0.15, -0.1) is 0 Å². The predicted molar refractivity (Wildman–Crippen MR) is 52.9 cm³/mol. The van der Waals surface area contributed by atoms with Crippen molar-refractivity contribution in [1.82, 2.24) is 0 Å². The van der Waals surface area contributed by atoms with E-state index in [0.717, 1.165) is 5.56 Å². The molecule has 0 aromatic heterocycles. The van der Waals surface area contributed by atoms with E-state index in [2.05, 4.69) is 15.9 Å². The normalized spacial score (nSPS) is 13.0. The molecule has 1 unspecified atom stereocenters. The van der Waals surface area contributed by atoms with Crippen molar-refractivity contribution in [3.05, 3.63) is 33.5 Å². The Labute approximate surface area is 84.7 Å². The Kier molecular flexibility index (Phi) is 3.41. The molecule has 0 radical (unpaired) electrons. The largest absolute Gasteiger partial charge is 0.394 e. The van der Waals surface area contributed by atoms with Crippen LogP contribution < -0.4 is 5.73 Å². The smallest absolute Gasteiger partial charge is 0.140 e. The topological polar surface area (TPSA) is 46.2 Å². The summed E-state index contributed by atoms with van der Waals surface area (Å²) < 4.78 is 13.5. The van der Waals surface area contributed by atoms with Gasteiger partial charge in [-0.25, -0.2) is 4.39 Å². The molecule has 0 saturated heterocycles. The van der Waals surface area contributed by atoms with Crippen molar-refractivity contribution in [1.29, 1.82) is 0 Å². The van der Waals surface area contributed by atoms with E-state index in [1.165, 1.54) is 0 Å². The van der Waals surface area contributed by atoms with Gasteiger partial charge in [0.05, 0.1) is 17.1 Å². The summed E-state index contributed by atoms with van der Waals surface area (Å²) in [5.74, 6) is -0.283. The molecule has 0 spiro atoms. The monoisotopic (exact) mass is 247 g/mol. The maximum Gasteiger partial charge on any atom is 0.140 e. The zero-order chi connectivity index (χ0) is 10.0. The molecule has 13 heavy (non-hydrogen) atoms. The number of aliphatic hydroxyl groups excluding tert-OH is 1. The van der Waals surface area contributed by atoms with E-state index >= 15 is 0 Å². The number of aliphatic hydroxyl groups is 1. The molecule has 1 atom stereocenters. The average Bonchev–Trinajstić information content (AvgIpc) is 2.12. The summed E-state index contributed by atoms with van der Waals surface area (Å²) in [6, 6.07) is 2.78. The highest BCUT2D eigenvalue weighted by molar-refractivity contribution is 9.10. The minimum absolute atomic E-state index is 0.141. The molecule has 2 nitrogen and oxygen atoms in total. The number of hydrogen-bond donors (Lipinski definition) is 2. The third kappa shape index (κ3) is 2.27. The first-order valence-corrected chi connectivity index (χ1v) is 4.67. The van der Waals surface area contributed by atoms with Gasteiger partial charge in [0.1, 0.15) is 5.82 Å². The van der Waals surface area contributed by atoms with E-state index in [0.29, 0.717) is 10.0 Å². The lowest BCUT2D eigenvalue weighted by Crippen LogP contribution is -2.14. The average molecular weight is 248 g/mol. The van der Waals surface area contributed by atoms with Crippen molar-refractivity contribution in [2.75, 3.05) is 6.61 Å². The van der Waals surface area contributed by atoms with Crippen molar-refractivity contribution in [3.8, 4) is 0 Å². The molecule has 0 aliphatic rings. The highest BCUT2D eigenvalue weighted by Crippen LogP contribution is 2.23. The summed E-state index contributed by atoms with van der Waals surface area (Å²) in [7, 11) is 0. The van der Waals surface area contributed by atoms with E-state index in [-0.39, 0.29) is 12.4 Å². The van der Waals surface area contributed by atoms with Crippen LogP contribution in [0.25, 0.3) is 0 Å². The van der Waals surface area contributed by atoms with Gasteiger partial charge in [0.2, 0.25) is 0 Å². The van der Waals surface area contributed by atoms with Gasteiger partial charge < -0.3 is 10.8 Å². The summed E-state index contributed by atoms with van der Waals surface area (Å²) in [5.41, 5.74) is 6.84. The van der Waals surface area contributed by atoms with E-state index in [9.17, 15) is 4.39 Å². The highest BCUT2D eigenvalue weighted by Gasteiger charge is 2.09. The molecule has 0 aliphatic heterocycles. The van der Waals surface area contributed by atoms with Gasteiger partial charge in [-0.3, -0.25) is 0 Å². The Balaban J connectivity index is 3.13. The Morgan fingerprint density at radius 1 is 1.62 bits per heavy atom. The Bertz CT molecular complexity index is 293. The number of benzene rings is 1. The van der Waals surface area contributed by atoms with Crippen LogP contribution in [0.4, 0.5) is 4.39 Å². The number of rotatable bonds is 2. The molecule has 0 amide bonds. The number of hydrogen-bond acceptors (Lipinski definition) is 2. The molecule has 0 saturated carbocycles. The van der Waals surface area contributed by atoms with Gasteiger partial charge in [-0.1, -0.05) is 6.07 Å². The first-order chi connectivity index (χ1) is 6.06. The number of nitrogens with two attached hydrogens (primary N) is 1. The Morgan fingerprint density at radius 2 is 2.23 bits per heavy atom. The van der Waals surface area contributed by atoms with E-state index < -0.39 is 6.04 Å². The summed E-state index contributed by atoms with van der Waals surface area (Å²) in [5, 5.41) is 8.81. The van der Waals surface area contributed by atoms with Crippen molar-refractivity contribution >= 4 is 15.9 Å². The lowest BCUT2D eigenvalue weighted by molar-refractivity contribution is 0.268. The molecule has 72 valence electrons. The van der Waals surface area contributed by atoms with Crippen molar-refractivity contribution in [2.45, 2.75) is 13.0 Å². The minimum Gasteiger partial charge on any atom is -0.394 e. The predicted octanol–water partition coefficient (Wildman–Crippen LogP) is 1.89. The summed E-state index contributed by atoms with van der Waals surface area (Å²) in [4.78, 5) is 0. The molecule has 0 bridgehead atoms. The van der Waals surface area contributed by atoms with Gasteiger partial charge >= 0.3 is 0 Å². The number of aryl methyl sites for hydroxylation is 1. The molecule has 1 aromatic carbocycles.